The van der Waals surface area contributed by atoms with Crippen molar-refractivity contribution < 1.29 is 17.9 Å². The average Bonchev–Trinajstić information content (AvgIpc) is 2.43. The van der Waals surface area contributed by atoms with Crippen LogP contribution in [0.2, 0.25) is 5.02 Å². The number of nitrogens with zero attached hydrogens (tertiary/aromatic N) is 1. The molecule has 0 unspecified atom stereocenters. The maximum Gasteiger partial charge on any atom is 0.422 e. The van der Waals surface area contributed by atoms with E-state index in [9.17, 15) is 13.2 Å². The van der Waals surface area contributed by atoms with Gasteiger partial charge in [0.05, 0.1) is 0 Å². The van der Waals surface area contributed by atoms with Crippen LogP contribution >= 0.6 is 23.2 Å². The van der Waals surface area contributed by atoms with Crippen molar-refractivity contribution in [2.45, 2.75) is 12.1 Å². The Kier molecular flexibility index (Phi) is 4.96. The molecule has 0 fully saturated rings. The van der Waals surface area contributed by atoms with E-state index in [0.717, 1.165) is 0 Å². The lowest BCUT2D eigenvalue weighted by Crippen LogP contribution is -2.20. The molecule has 1 aromatic heterocycles. The van der Waals surface area contributed by atoms with Crippen molar-refractivity contribution in [2.75, 3.05) is 6.61 Å². The van der Waals surface area contributed by atoms with Crippen LogP contribution in [0.25, 0.3) is 11.1 Å². The predicted octanol–water partition coefficient (Wildman–Crippen LogP) is 5.08. The number of benzene rings is 1. The van der Waals surface area contributed by atoms with Gasteiger partial charge >= 0.3 is 6.18 Å². The van der Waals surface area contributed by atoms with Crippen molar-refractivity contribution >= 4 is 23.2 Å². The third kappa shape index (κ3) is 4.25. The molecule has 0 aliphatic heterocycles. The molecule has 1 heterocycles. The highest BCUT2D eigenvalue weighted by Crippen LogP contribution is 2.34. The van der Waals surface area contributed by atoms with Crippen LogP contribution in [0.5, 0.6) is 5.88 Å². The van der Waals surface area contributed by atoms with Crippen molar-refractivity contribution in [3.63, 3.8) is 0 Å². The topological polar surface area (TPSA) is 22.1 Å². The monoisotopic (exact) mass is 335 g/mol. The molecule has 2 nitrogen and oxygen atoms in total. The summed E-state index contributed by atoms with van der Waals surface area (Å²) in [4.78, 5) is 3.87. The van der Waals surface area contributed by atoms with Crippen LogP contribution in [0, 0.1) is 0 Å². The molecule has 0 N–H and O–H groups in total. The number of halogens is 5. The smallest absolute Gasteiger partial charge is 0.422 e. The fourth-order valence-electron chi connectivity index (χ4n) is 1.80. The van der Waals surface area contributed by atoms with E-state index >= 15 is 0 Å². The molecular formula is C14H10Cl2F3NO. The Morgan fingerprint density at radius 1 is 1.19 bits per heavy atom. The molecule has 0 aliphatic rings. The Morgan fingerprint density at radius 3 is 2.57 bits per heavy atom. The maximum atomic E-state index is 12.3. The fraction of sp³-hybridized carbons (Fsp3) is 0.214. The minimum atomic E-state index is -4.44. The minimum Gasteiger partial charge on any atom is -0.468 e. The first-order chi connectivity index (χ1) is 9.90. The van der Waals surface area contributed by atoms with Gasteiger partial charge in [-0.3, -0.25) is 0 Å². The molecule has 0 bridgehead atoms. The normalized spacial score (nSPS) is 11.5. The molecule has 0 radical (unpaired) electrons. The maximum absolute atomic E-state index is 12.3. The van der Waals surface area contributed by atoms with Crippen LogP contribution < -0.4 is 4.74 Å². The zero-order chi connectivity index (χ0) is 15.5. The van der Waals surface area contributed by atoms with Gasteiger partial charge in [-0.25, -0.2) is 4.98 Å². The summed E-state index contributed by atoms with van der Waals surface area (Å²) in [7, 11) is 0. The zero-order valence-corrected chi connectivity index (χ0v) is 12.1. The molecule has 1 aromatic carbocycles. The van der Waals surface area contributed by atoms with Crippen LogP contribution in [0.1, 0.15) is 5.56 Å². The van der Waals surface area contributed by atoms with Crippen molar-refractivity contribution in [1.82, 2.24) is 4.98 Å². The summed E-state index contributed by atoms with van der Waals surface area (Å²) in [6.07, 6.45) is -3.08. The molecule has 0 amide bonds. The highest BCUT2D eigenvalue weighted by Gasteiger charge is 2.29. The Morgan fingerprint density at radius 2 is 1.95 bits per heavy atom. The number of aromatic nitrogens is 1. The van der Waals surface area contributed by atoms with E-state index in [1.165, 1.54) is 6.20 Å². The molecule has 2 aromatic rings. The second-order valence-corrected chi connectivity index (χ2v) is 4.90. The molecule has 112 valence electrons. The van der Waals surface area contributed by atoms with Gasteiger partial charge in [0.15, 0.2) is 6.61 Å². The summed E-state index contributed by atoms with van der Waals surface area (Å²) in [5.41, 5.74) is 1.63. The van der Waals surface area contributed by atoms with Gasteiger partial charge in [-0.1, -0.05) is 23.7 Å². The minimum absolute atomic E-state index is 0.118. The number of alkyl halides is 4. The van der Waals surface area contributed by atoms with Crippen LogP contribution in [-0.2, 0) is 5.88 Å². The van der Waals surface area contributed by atoms with Crippen LogP contribution in [0.3, 0.4) is 0 Å². The van der Waals surface area contributed by atoms with Crippen molar-refractivity contribution in [3.05, 3.63) is 47.1 Å². The first kappa shape index (κ1) is 15.9. The highest BCUT2D eigenvalue weighted by atomic mass is 35.5. The summed E-state index contributed by atoms with van der Waals surface area (Å²) in [5.74, 6) is -0.0000297. The van der Waals surface area contributed by atoms with E-state index in [1.807, 2.05) is 0 Å². The third-order valence-corrected chi connectivity index (χ3v) is 3.16. The van der Waals surface area contributed by atoms with Gasteiger partial charge in [0, 0.05) is 22.7 Å². The average molecular weight is 336 g/mol. The number of hydrogen-bond acceptors (Lipinski definition) is 2. The van der Waals surface area contributed by atoms with Gasteiger partial charge < -0.3 is 4.74 Å². The molecule has 0 atom stereocenters. The molecule has 21 heavy (non-hydrogen) atoms. The lowest BCUT2D eigenvalue weighted by atomic mass is 10.0. The number of ether oxygens (including phenoxy) is 1. The second-order valence-electron chi connectivity index (χ2n) is 4.20. The van der Waals surface area contributed by atoms with Gasteiger partial charge in [0.25, 0.3) is 0 Å². The van der Waals surface area contributed by atoms with Gasteiger partial charge in [-0.05, 0) is 29.3 Å². The SMILES string of the molecule is FC(F)(F)COc1nccc(CCl)c1-c1cccc(Cl)c1. The van der Waals surface area contributed by atoms with Crippen LogP contribution in [0.15, 0.2) is 36.5 Å². The number of hydrogen-bond donors (Lipinski definition) is 0. The van der Waals surface area contributed by atoms with E-state index in [1.54, 1.807) is 30.3 Å². The highest BCUT2D eigenvalue weighted by molar-refractivity contribution is 6.30. The van der Waals surface area contributed by atoms with Crippen molar-refractivity contribution in [3.8, 4) is 17.0 Å². The molecule has 0 spiro atoms. The summed E-state index contributed by atoms with van der Waals surface area (Å²) in [6, 6.07) is 8.31. The standard InChI is InChI=1S/C14H10Cl2F3NO/c15-7-10-4-5-20-13(21-8-14(17,18)19)12(10)9-2-1-3-11(16)6-9/h1-6H,7-8H2. The molecule has 7 heteroatoms. The second kappa shape index (κ2) is 6.54. The molecule has 0 aliphatic carbocycles. The van der Waals surface area contributed by atoms with Gasteiger partial charge in [-0.2, -0.15) is 13.2 Å². The Labute approximate surface area is 129 Å². The van der Waals surface area contributed by atoms with E-state index in [2.05, 4.69) is 4.98 Å². The molecule has 2 rings (SSSR count). The van der Waals surface area contributed by atoms with Gasteiger partial charge in [-0.15, -0.1) is 11.6 Å². The van der Waals surface area contributed by atoms with E-state index in [4.69, 9.17) is 27.9 Å². The molecule has 0 saturated heterocycles. The van der Waals surface area contributed by atoms with Crippen LogP contribution in [-0.4, -0.2) is 17.8 Å². The predicted molar refractivity (Wildman–Crippen MR) is 75.8 cm³/mol. The first-order valence-corrected chi connectivity index (χ1v) is 6.81. The van der Waals surface area contributed by atoms with Gasteiger partial charge in [0.1, 0.15) is 0 Å². The summed E-state index contributed by atoms with van der Waals surface area (Å²) < 4.78 is 41.8. The lowest BCUT2D eigenvalue weighted by Gasteiger charge is -2.15. The van der Waals surface area contributed by atoms with E-state index < -0.39 is 12.8 Å². The molecular weight excluding hydrogens is 326 g/mol. The quantitative estimate of drug-likeness (QED) is 0.726. The summed E-state index contributed by atoms with van der Waals surface area (Å²) in [6.45, 7) is -1.42. The number of rotatable bonds is 4. The van der Waals surface area contributed by atoms with E-state index in [-0.39, 0.29) is 11.8 Å². The summed E-state index contributed by atoms with van der Waals surface area (Å²) in [5, 5.41) is 0.457. The Balaban J connectivity index is 2.46. The van der Waals surface area contributed by atoms with Crippen molar-refractivity contribution in [2.24, 2.45) is 0 Å². The van der Waals surface area contributed by atoms with Crippen LogP contribution in [0.4, 0.5) is 13.2 Å². The zero-order valence-electron chi connectivity index (χ0n) is 10.6. The largest absolute Gasteiger partial charge is 0.468 e. The van der Waals surface area contributed by atoms with E-state index in [0.29, 0.717) is 21.7 Å². The Bertz CT molecular complexity index is 632. The molecule has 0 saturated carbocycles. The fourth-order valence-corrected chi connectivity index (χ4v) is 2.22. The third-order valence-electron chi connectivity index (χ3n) is 2.63. The Hall–Kier alpha value is -1.46. The van der Waals surface area contributed by atoms with Crippen molar-refractivity contribution in [1.29, 1.82) is 0 Å². The summed E-state index contributed by atoms with van der Waals surface area (Å²) >= 11 is 11.8. The first-order valence-electron chi connectivity index (χ1n) is 5.90. The lowest BCUT2D eigenvalue weighted by molar-refractivity contribution is -0.154. The van der Waals surface area contributed by atoms with Gasteiger partial charge in [0.2, 0.25) is 5.88 Å². The number of pyridine rings is 1.